The Morgan fingerprint density at radius 2 is 1.29 bits per heavy atom. The number of nitrogens with zero attached hydrogens (tertiary/aromatic N) is 1. The summed E-state index contributed by atoms with van der Waals surface area (Å²) in [5.74, 6) is 0.392. The van der Waals surface area contributed by atoms with Gasteiger partial charge in [-0.2, -0.15) is 0 Å². The Labute approximate surface area is 126 Å². The second kappa shape index (κ2) is 5.92. The highest BCUT2D eigenvalue weighted by Crippen LogP contribution is 2.36. The van der Waals surface area contributed by atoms with Crippen LogP contribution in [-0.4, -0.2) is 4.98 Å². The molecular formula is C20H19N. The van der Waals surface area contributed by atoms with Crippen molar-refractivity contribution in [3.8, 4) is 22.3 Å². The van der Waals surface area contributed by atoms with Gasteiger partial charge in [-0.1, -0.05) is 74.5 Å². The summed E-state index contributed by atoms with van der Waals surface area (Å²) in [6.07, 6.45) is 1.92. The Kier molecular flexibility index (Phi) is 3.83. The second-order valence-electron chi connectivity index (χ2n) is 5.51. The Balaban J connectivity index is 2.28. The van der Waals surface area contributed by atoms with Gasteiger partial charge in [0, 0.05) is 11.8 Å². The molecule has 1 heteroatoms. The van der Waals surface area contributed by atoms with E-state index in [0.29, 0.717) is 5.92 Å². The molecule has 0 saturated carbocycles. The van der Waals surface area contributed by atoms with Crippen molar-refractivity contribution in [2.24, 2.45) is 0 Å². The van der Waals surface area contributed by atoms with Crippen LogP contribution in [0.1, 0.15) is 25.5 Å². The van der Waals surface area contributed by atoms with E-state index in [9.17, 15) is 0 Å². The van der Waals surface area contributed by atoms with Gasteiger partial charge in [0.2, 0.25) is 0 Å². The minimum Gasteiger partial charge on any atom is -0.260 e. The Hall–Kier alpha value is -2.41. The van der Waals surface area contributed by atoms with Crippen LogP contribution >= 0.6 is 0 Å². The molecule has 1 aromatic heterocycles. The summed E-state index contributed by atoms with van der Waals surface area (Å²) < 4.78 is 0. The van der Waals surface area contributed by atoms with E-state index < -0.39 is 0 Å². The number of benzene rings is 2. The average molecular weight is 273 g/mol. The fraction of sp³-hybridized carbons (Fsp3) is 0.150. The predicted molar refractivity (Wildman–Crippen MR) is 89.2 cm³/mol. The van der Waals surface area contributed by atoms with Gasteiger partial charge >= 0.3 is 0 Å². The van der Waals surface area contributed by atoms with Crippen molar-refractivity contribution in [2.75, 3.05) is 0 Å². The molecule has 21 heavy (non-hydrogen) atoms. The largest absolute Gasteiger partial charge is 0.260 e. The first-order valence-electron chi connectivity index (χ1n) is 7.37. The van der Waals surface area contributed by atoms with Gasteiger partial charge in [0.15, 0.2) is 0 Å². The van der Waals surface area contributed by atoms with Crippen molar-refractivity contribution in [2.45, 2.75) is 19.8 Å². The zero-order chi connectivity index (χ0) is 14.7. The number of pyridine rings is 1. The van der Waals surface area contributed by atoms with E-state index in [4.69, 9.17) is 0 Å². The Morgan fingerprint density at radius 1 is 0.714 bits per heavy atom. The number of hydrogen-bond donors (Lipinski definition) is 0. The lowest BCUT2D eigenvalue weighted by atomic mass is 9.90. The van der Waals surface area contributed by atoms with Crippen LogP contribution in [0.2, 0.25) is 0 Å². The van der Waals surface area contributed by atoms with Crippen LogP contribution in [0.5, 0.6) is 0 Å². The quantitative estimate of drug-likeness (QED) is 0.610. The Morgan fingerprint density at radius 3 is 1.86 bits per heavy atom. The molecule has 1 nitrogen and oxygen atoms in total. The number of rotatable bonds is 3. The van der Waals surface area contributed by atoms with Gasteiger partial charge in [-0.05, 0) is 28.7 Å². The van der Waals surface area contributed by atoms with Crippen molar-refractivity contribution in [1.82, 2.24) is 4.98 Å². The normalized spacial score (nSPS) is 10.8. The van der Waals surface area contributed by atoms with Crippen LogP contribution in [-0.2, 0) is 0 Å². The van der Waals surface area contributed by atoms with Gasteiger partial charge in [-0.15, -0.1) is 0 Å². The highest BCUT2D eigenvalue weighted by molar-refractivity contribution is 5.85. The van der Waals surface area contributed by atoms with E-state index >= 15 is 0 Å². The third-order valence-corrected chi connectivity index (χ3v) is 3.67. The molecule has 0 aliphatic rings. The fourth-order valence-electron chi connectivity index (χ4n) is 2.68. The molecule has 0 radical (unpaired) electrons. The lowest BCUT2D eigenvalue weighted by molar-refractivity contribution is 0.826. The standard InChI is InChI=1S/C20H19N/c1-15(2)20-19(17-11-7-4-8-12-17)18(13-14-21-20)16-9-5-3-6-10-16/h3-15H,1-2H3. The van der Waals surface area contributed by atoms with Gasteiger partial charge in [0.1, 0.15) is 0 Å². The van der Waals surface area contributed by atoms with Crippen molar-refractivity contribution >= 4 is 0 Å². The Bertz CT molecular complexity index is 715. The first-order valence-corrected chi connectivity index (χ1v) is 7.37. The predicted octanol–water partition coefficient (Wildman–Crippen LogP) is 5.54. The molecule has 0 bridgehead atoms. The lowest BCUT2D eigenvalue weighted by Gasteiger charge is -2.16. The van der Waals surface area contributed by atoms with Gasteiger partial charge in [-0.25, -0.2) is 0 Å². The van der Waals surface area contributed by atoms with Crippen LogP contribution in [0.15, 0.2) is 72.9 Å². The van der Waals surface area contributed by atoms with E-state index in [1.807, 2.05) is 6.20 Å². The van der Waals surface area contributed by atoms with Crippen molar-refractivity contribution in [3.63, 3.8) is 0 Å². The zero-order valence-electron chi connectivity index (χ0n) is 12.5. The first-order chi connectivity index (χ1) is 10.3. The summed E-state index contributed by atoms with van der Waals surface area (Å²) >= 11 is 0. The van der Waals surface area contributed by atoms with Gasteiger partial charge in [0.25, 0.3) is 0 Å². The van der Waals surface area contributed by atoms with Crippen molar-refractivity contribution in [3.05, 3.63) is 78.6 Å². The third-order valence-electron chi connectivity index (χ3n) is 3.67. The van der Waals surface area contributed by atoms with Crippen LogP contribution < -0.4 is 0 Å². The van der Waals surface area contributed by atoms with E-state index in [-0.39, 0.29) is 0 Å². The molecule has 0 atom stereocenters. The van der Waals surface area contributed by atoms with Crippen LogP contribution in [0.25, 0.3) is 22.3 Å². The van der Waals surface area contributed by atoms with Crippen LogP contribution in [0, 0.1) is 0 Å². The lowest BCUT2D eigenvalue weighted by Crippen LogP contribution is -1.99. The SMILES string of the molecule is CC(C)c1nccc(-c2ccccc2)c1-c1ccccc1. The maximum Gasteiger partial charge on any atom is 0.0513 e. The molecular weight excluding hydrogens is 254 g/mol. The molecule has 2 aromatic carbocycles. The molecule has 3 rings (SSSR count). The topological polar surface area (TPSA) is 12.9 Å². The molecule has 1 heterocycles. The highest BCUT2D eigenvalue weighted by atomic mass is 14.7. The summed E-state index contributed by atoms with van der Waals surface area (Å²) in [5, 5.41) is 0. The number of hydrogen-bond acceptors (Lipinski definition) is 1. The minimum absolute atomic E-state index is 0.392. The fourth-order valence-corrected chi connectivity index (χ4v) is 2.68. The average Bonchev–Trinajstić information content (AvgIpc) is 2.55. The summed E-state index contributed by atoms with van der Waals surface area (Å²) in [4.78, 5) is 4.64. The molecule has 104 valence electrons. The maximum atomic E-state index is 4.64. The van der Waals surface area contributed by atoms with Crippen LogP contribution in [0.4, 0.5) is 0 Å². The minimum atomic E-state index is 0.392. The van der Waals surface area contributed by atoms with Gasteiger partial charge in [-0.3, -0.25) is 4.98 Å². The van der Waals surface area contributed by atoms with E-state index in [0.717, 1.165) is 5.69 Å². The van der Waals surface area contributed by atoms with E-state index in [1.54, 1.807) is 0 Å². The molecule has 0 fully saturated rings. The smallest absolute Gasteiger partial charge is 0.0513 e. The van der Waals surface area contributed by atoms with E-state index in [1.165, 1.54) is 22.3 Å². The van der Waals surface area contributed by atoms with Gasteiger partial charge in [0.05, 0.1) is 5.69 Å². The molecule has 0 aliphatic carbocycles. The summed E-state index contributed by atoms with van der Waals surface area (Å²) in [7, 11) is 0. The molecule has 0 unspecified atom stereocenters. The molecule has 0 aliphatic heterocycles. The van der Waals surface area contributed by atoms with Crippen LogP contribution in [0.3, 0.4) is 0 Å². The van der Waals surface area contributed by atoms with Gasteiger partial charge < -0.3 is 0 Å². The molecule has 3 aromatic rings. The van der Waals surface area contributed by atoms with E-state index in [2.05, 4.69) is 85.6 Å². The monoisotopic (exact) mass is 273 g/mol. The molecule has 0 amide bonds. The molecule has 0 N–H and O–H groups in total. The third kappa shape index (κ3) is 2.73. The summed E-state index contributed by atoms with van der Waals surface area (Å²) in [6, 6.07) is 23.2. The van der Waals surface area contributed by atoms with Crippen molar-refractivity contribution in [1.29, 1.82) is 0 Å². The summed E-state index contributed by atoms with van der Waals surface area (Å²) in [5.41, 5.74) is 6.12. The van der Waals surface area contributed by atoms with Crippen molar-refractivity contribution < 1.29 is 0 Å². The second-order valence-corrected chi connectivity index (χ2v) is 5.51. The zero-order valence-corrected chi connectivity index (χ0v) is 12.5. The highest BCUT2D eigenvalue weighted by Gasteiger charge is 2.15. The maximum absolute atomic E-state index is 4.64. The number of aromatic nitrogens is 1. The molecule has 0 spiro atoms. The first kappa shape index (κ1) is 13.6. The summed E-state index contributed by atoms with van der Waals surface area (Å²) in [6.45, 7) is 4.40. The molecule has 0 saturated heterocycles.